The molecule has 1 aliphatic carbocycles. The molecule has 0 saturated heterocycles. The Labute approximate surface area is 212 Å². The minimum Gasteiger partial charge on any atom is -0.489 e. The molecular weight excluding hydrogens is 448 g/mol. The summed E-state index contributed by atoms with van der Waals surface area (Å²) in [6.45, 7) is 1.07. The van der Waals surface area contributed by atoms with Crippen LogP contribution in [0.5, 0.6) is 17.2 Å². The quantitative estimate of drug-likeness (QED) is 0.316. The van der Waals surface area contributed by atoms with Gasteiger partial charge >= 0.3 is 0 Å². The number of aliphatic hydroxyl groups excluding tert-OH is 1. The van der Waals surface area contributed by atoms with Crippen LogP contribution in [0.4, 0.5) is 0 Å². The van der Waals surface area contributed by atoms with Crippen LogP contribution in [0, 0.1) is 5.92 Å². The molecule has 4 aromatic carbocycles. The van der Waals surface area contributed by atoms with Gasteiger partial charge in [-0.3, -0.25) is 0 Å². The highest BCUT2D eigenvalue weighted by Crippen LogP contribution is 2.54. The maximum atomic E-state index is 10.6. The zero-order valence-corrected chi connectivity index (χ0v) is 20.1. The van der Waals surface area contributed by atoms with E-state index in [0.29, 0.717) is 13.2 Å². The number of aliphatic hydroxyl groups is 1. The van der Waals surface area contributed by atoms with Crippen LogP contribution in [0.2, 0.25) is 0 Å². The molecule has 4 heteroatoms. The van der Waals surface area contributed by atoms with Gasteiger partial charge in [-0.25, -0.2) is 0 Å². The summed E-state index contributed by atoms with van der Waals surface area (Å²) in [6, 6.07) is 34.6. The van der Waals surface area contributed by atoms with E-state index in [-0.39, 0.29) is 24.0 Å². The summed E-state index contributed by atoms with van der Waals surface area (Å²) in [5.41, 5.74) is 4.53. The molecule has 0 spiro atoms. The van der Waals surface area contributed by atoms with E-state index in [4.69, 9.17) is 14.2 Å². The van der Waals surface area contributed by atoms with Crippen LogP contribution >= 0.6 is 0 Å². The van der Waals surface area contributed by atoms with Crippen LogP contribution in [-0.4, -0.2) is 11.2 Å². The second-order valence-corrected chi connectivity index (χ2v) is 9.75. The van der Waals surface area contributed by atoms with Gasteiger partial charge in [-0.2, -0.15) is 0 Å². The van der Waals surface area contributed by atoms with E-state index in [2.05, 4.69) is 42.5 Å². The lowest BCUT2D eigenvalue weighted by Gasteiger charge is -2.36. The van der Waals surface area contributed by atoms with Gasteiger partial charge in [0.2, 0.25) is 0 Å². The highest BCUT2D eigenvalue weighted by Gasteiger charge is 2.45. The second-order valence-electron chi connectivity index (χ2n) is 9.75. The van der Waals surface area contributed by atoms with Crippen LogP contribution in [-0.2, 0) is 13.2 Å². The Morgan fingerprint density at radius 2 is 1.31 bits per heavy atom. The smallest absolute Gasteiger partial charge is 0.127 e. The molecule has 2 aliphatic rings. The summed E-state index contributed by atoms with van der Waals surface area (Å²) in [4.78, 5) is 0. The first-order valence-electron chi connectivity index (χ1n) is 12.6. The molecule has 4 aromatic rings. The summed E-state index contributed by atoms with van der Waals surface area (Å²) in [5, 5.41) is 10.6. The minimum absolute atomic E-state index is 0.0982. The lowest BCUT2D eigenvalue weighted by Crippen LogP contribution is -2.26. The Kier molecular flexibility index (Phi) is 6.35. The topological polar surface area (TPSA) is 47.9 Å². The third-order valence-corrected chi connectivity index (χ3v) is 7.32. The summed E-state index contributed by atoms with van der Waals surface area (Å²) in [5.74, 6) is 3.00. The van der Waals surface area contributed by atoms with Gasteiger partial charge in [-0.05, 0) is 65.8 Å². The average Bonchev–Trinajstić information content (AvgIpc) is 3.33. The molecular formula is C32H30O4. The second kappa shape index (κ2) is 10.1. The number of rotatable bonds is 7. The standard InChI is InChI=1S/C32H30O4/c33-25-17-28-29-19-27(35-21-23-9-5-2-6-10-23)15-16-31(29)36-32(30(28)18-25)24-11-13-26(14-12-24)34-20-22-7-3-1-4-8-22/h1-16,19,25,28,30,32-33H,17-18,20-21H2. The predicted octanol–water partition coefficient (Wildman–Crippen LogP) is 6.83. The molecule has 36 heavy (non-hydrogen) atoms. The van der Waals surface area contributed by atoms with Gasteiger partial charge in [0.25, 0.3) is 0 Å². The molecule has 0 aromatic heterocycles. The molecule has 4 atom stereocenters. The summed E-state index contributed by atoms with van der Waals surface area (Å²) < 4.78 is 18.6. The molecule has 182 valence electrons. The zero-order chi connectivity index (χ0) is 24.3. The number of hydrogen-bond acceptors (Lipinski definition) is 4. The van der Waals surface area contributed by atoms with Gasteiger partial charge < -0.3 is 19.3 Å². The molecule has 0 amide bonds. The van der Waals surface area contributed by atoms with Crippen molar-refractivity contribution in [3.63, 3.8) is 0 Å². The van der Waals surface area contributed by atoms with Crippen LogP contribution in [0.15, 0.2) is 103 Å². The van der Waals surface area contributed by atoms with Gasteiger partial charge in [-0.15, -0.1) is 0 Å². The lowest BCUT2D eigenvalue weighted by molar-refractivity contribution is 0.0959. The van der Waals surface area contributed by atoms with Crippen LogP contribution in [0.1, 0.15) is 47.1 Å². The van der Waals surface area contributed by atoms with Crippen LogP contribution in [0.25, 0.3) is 0 Å². The van der Waals surface area contributed by atoms with Crippen molar-refractivity contribution >= 4 is 0 Å². The largest absolute Gasteiger partial charge is 0.489 e. The maximum Gasteiger partial charge on any atom is 0.127 e. The Balaban J connectivity index is 1.19. The van der Waals surface area contributed by atoms with Crippen molar-refractivity contribution in [3.8, 4) is 17.2 Å². The monoisotopic (exact) mass is 478 g/mol. The lowest BCUT2D eigenvalue weighted by atomic mass is 9.80. The molecule has 1 fully saturated rings. The minimum atomic E-state index is -0.320. The SMILES string of the molecule is OC1CC2c3cc(OCc4ccccc4)ccc3OC(c3ccc(OCc4ccccc4)cc3)C2C1. The van der Waals surface area contributed by atoms with E-state index >= 15 is 0 Å². The van der Waals surface area contributed by atoms with Gasteiger partial charge in [-0.1, -0.05) is 72.8 Å². The molecule has 1 N–H and O–H groups in total. The number of benzene rings is 4. The fourth-order valence-corrected chi connectivity index (χ4v) is 5.52. The average molecular weight is 479 g/mol. The first-order chi connectivity index (χ1) is 17.7. The normalized spacial score (nSPS) is 22.2. The number of fused-ring (bicyclic) bond motifs is 3. The van der Waals surface area contributed by atoms with Crippen molar-refractivity contribution in [1.29, 1.82) is 0 Å². The molecule has 4 unspecified atom stereocenters. The molecule has 6 rings (SSSR count). The first-order valence-corrected chi connectivity index (χ1v) is 12.6. The fourth-order valence-electron chi connectivity index (χ4n) is 5.52. The first kappa shape index (κ1) is 22.7. The fraction of sp³-hybridized carbons (Fsp3) is 0.250. The van der Waals surface area contributed by atoms with E-state index < -0.39 is 0 Å². The molecule has 0 radical (unpaired) electrons. The Bertz CT molecular complexity index is 1290. The van der Waals surface area contributed by atoms with E-state index in [0.717, 1.165) is 52.3 Å². The van der Waals surface area contributed by atoms with Crippen molar-refractivity contribution in [2.75, 3.05) is 0 Å². The van der Waals surface area contributed by atoms with Crippen molar-refractivity contribution in [2.45, 2.75) is 44.2 Å². The van der Waals surface area contributed by atoms with Crippen molar-refractivity contribution in [3.05, 3.63) is 125 Å². The molecule has 1 aliphatic heterocycles. The predicted molar refractivity (Wildman–Crippen MR) is 139 cm³/mol. The maximum absolute atomic E-state index is 10.6. The van der Waals surface area contributed by atoms with E-state index in [1.165, 1.54) is 0 Å². The van der Waals surface area contributed by atoms with Gasteiger partial charge in [0, 0.05) is 11.5 Å². The highest BCUT2D eigenvalue weighted by molar-refractivity contribution is 5.46. The number of ether oxygens (including phenoxy) is 3. The van der Waals surface area contributed by atoms with E-state index in [1.807, 2.05) is 60.7 Å². The Morgan fingerprint density at radius 1 is 0.694 bits per heavy atom. The van der Waals surface area contributed by atoms with Crippen molar-refractivity contribution in [1.82, 2.24) is 0 Å². The summed E-state index contributed by atoms with van der Waals surface area (Å²) >= 11 is 0. The van der Waals surface area contributed by atoms with Gasteiger partial charge in [0.05, 0.1) is 6.10 Å². The Hall–Kier alpha value is -3.76. The molecule has 4 nitrogen and oxygen atoms in total. The summed E-state index contributed by atoms with van der Waals surface area (Å²) in [6.07, 6.45) is 1.06. The van der Waals surface area contributed by atoms with Crippen LogP contribution < -0.4 is 14.2 Å². The van der Waals surface area contributed by atoms with Gasteiger partial charge in [0.1, 0.15) is 36.6 Å². The Morgan fingerprint density at radius 3 is 1.97 bits per heavy atom. The third-order valence-electron chi connectivity index (χ3n) is 7.32. The summed E-state index contributed by atoms with van der Waals surface area (Å²) in [7, 11) is 0. The van der Waals surface area contributed by atoms with Crippen molar-refractivity contribution in [2.24, 2.45) is 5.92 Å². The third kappa shape index (κ3) is 4.82. The molecule has 0 bridgehead atoms. The number of hydrogen-bond donors (Lipinski definition) is 1. The highest BCUT2D eigenvalue weighted by atomic mass is 16.5. The van der Waals surface area contributed by atoms with E-state index in [1.54, 1.807) is 0 Å². The zero-order valence-electron chi connectivity index (χ0n) is 20.1. The van der Waals surface area contributed by atoms with Gasteiger partial charge in [0.15, 0.2) is 0 Å². The van der Waals surface area contributed by atoms with Crippen molar-refractivity contribution < 1.29 is 19.3 Å². The molecule has 1 heterocycles. The van der Waals surface area contributed by atoms with E-state index in [9.17, 15) is 5.11 Å². The molecule has 1 saturated carbocycles. The van der Waals surface area contributed by atoms with Crippen LogP contribution in [0.3, 0.4) is 0 Å².